The van der Waals surface area contributed by atoms with Crippen LogP contribution in [-0.4, -0.2) is 5.78 Å². The number of benzene rings is 1. The Morgan fingerprint density at radius 3 is 2.44 bits per heavy atom. The van der Waals surface area contributed by atoms with Gasteiger partial charge in [0.25, 0.3) is 0 Å². The molecule has 5 heteroatoms. The Balaban J connectivity index is 3.19. The van der Waals surface area contributed by atoms with Gasteiger partial charge in [-0.1, -0.05) is 12.1 Å². The van der Waals surface area contributed by atoms with Crippen LogP contribution < -0.4 is 0 Å². The molecule has 1 aromatic rings. The van der Waals surface area contributed by atoms with Crippen LogP contribution in [-0.2, 0) is 11.0 Å². The van der Waals surface area contributed by atoms with Gasteiger partial charge in [-0.25, -0.2) is 4.39 Å². The molecule has 0 spiro atoms. The fraction of sp³-hybridized carbons (Fsp3) is 0.182. The summed E-state index contributed by atoms with van der Waals surface area (Å²) in [5.41, 5.74) is -1.59. The number of hydrogen-bond donors (Lipinski definition) is 0. The highest BCUT2D eigenvalue weighted by Crippen LogP contribution is 2.32. The van der Waals surface area contributed by atoms with Crippen LogP contribution in [0.15, 0.2) is 24.3 Å². The Kier molecular flexibility index (Phi) is 3.47. The van der Waals surface area contributed by atoms with E-state index in [4.69, 9.17) is 0 Å². The monoisotopic (exact) mass is 232 g/mol. The third-order valence-corrected chi connectivity index (χ3v) is 1.83. The summed E-state index contributed by atoms with van der Waals surface area (Å²) in [7, 11) is 0. The first-order chi connectivity index (χ1) is 7.32. The molecule has 1 rings (SSSR count). The molecule has 0 aliphatic rings. The predicted molar refractivity (Wildman–Crippen MR) is 51.1 cm³/mol. The average molecular weight is 232 g/mol. The second-order valence-electron chi connectivity index (χ2n) is 3.15. The minimum absolute atomic E-state index is 0.259. The highest BCUT2D eigenvalue weighted by molar-refractivity contribution is 5.91. The Morgan fingerprint density at radius 2 is 1.94 bits per heavy atom. The summed E-state index contributed by atoms with van der Waals surface area (Å²) in [4.78, 5) is 10.6. The van der Waals surface area contributed by atoms with E-state index in [9.17, 15) is 22.4 Å². The van der Waals surface area contributed by atoms with Crippen molar-refractivity contribution < 1.29 is 22.4 Å². The number of ketones is 1. The van der Waals surface area contributed by atoms with Crippen LogP contribution in [0.5, 0.6) is 0 Å². The van der Waals surface area contributed by atoms with E-state index in [2.05, 4.69) is 0 Å². The van der Waals surface area contributed by atoms with Crippen molar-refractivity contribution in [2.24, 2.45) is 0 Å². The number of carbonyl (C=O) groups is 1. The van der Waals surface area contributed by atoms with Crippen LogP contribution in [0.3, 0.4) is 0 Å². The smallest absolute Gasteiger partial charge is 0.295 e. The van der Waals surface area contributed by atoms with Crippen molar-refractivity contribution in [3.63, 3.8) is 0 Å². The number of alkyl halides is 3. The normalized spacial score (nSPS) is 12.1. The standard InChI is InChI=1S/C11H8F4O/c1-7(16)5-6-8-3-2-4-9(10(8)12)11(13,14)15/h2-6H,1H3/b6-5+. The maximum Gasteiger partial charge on any atom is 0.419 e. The van der Waals surface area contributed by atoms with Crippen LogP contribution in [0, 0.1) is 5.82 Å². The molecule has 0 aliphatic heterocycles. The van der Waals surface area contributed by atoms with E-state index in [0.29, 0.717) is 6.07 Å². The third-order valence-electron chi connectivity index (χ3n) is 1.83. The maximum atomic E-state index is 13.3. The molecule has 1 aromatic carbocycles. The molecule has 0 aromatic heterocycles. The van der Waals surface area contributed by atoms with Crippen LogP contribution in [0.25, 0.3) is 6.08 Å². The fourth-order valence-corrected chi connectivity index (χ4v) is 1.10. The van der Waals surface area contributed by atoms with E-state index in [-0.39, 0.29) is 11.3 Å². The Labute approximate surface area is 89.4 Å². The lowest BCUT2D eigenvalue weighted by molar-refractivity contribution is -0.140. The molecule has 0 heterocycles. The summed E-state index contributed by atoms with van der Waals surface area (Å²) < 4.78 is 50.2. The van der Waals surface area contributed by atoms with Gasteiger partial charge in [0.2, 0.25) is 0 Å². The van der Waals surface area contributed by atoms with Crippen LogP contribution >= 0.6 is 0 Å². The molecule has 0 fully saturated rings. The largest absolute Gasteiger partial charge is 0.419 e. The lowest BCUT2D eigenvalue weighted by Crippen LogP contribution is -2.08. The summed E-state index contributed by atoms with van der Waals surface area (Å²) in [6.45, 7) is 1.22. The lowest BCUT2D eigenvalue weighted by atomic mass is 10.1. The Morgan fingerprint density at radius 1 is 1.31 bits per heavy atom. The Hall–Kier alpha value is -1.65. The summed E-state index contributed by atoms with van der Waals surface area (Å²) in [6, 6.07) is 2.91. The maximum absolute atomic E-state index is 13.3. The van der Waals surface area contributed by atoms with Gasteiger partial charge >= 0.3 is 6.18 Å². The number of hydrogen-bond acceptors (Lipinski definition) is 1. The number of carbonyl (C=O) groups excluding carboxylic acids is 1. The van der Waals surface area contributed by atoms with Crippen LogP contribution in [0.1, 0.15) is 18.1 Å². The molecule has 0 saturated heterocycles. The number of halogens is 4. The molecular weight excluding hydrogens is 224 g/mol. The molecule has 16 heavy (non-hydrogen) atoms. The zero-order valence-electron chi connectivity index (χ0n) is 8.31. The molecule has 0 bridgehead atoms. The predicted octanol–water partition coefficient (Wildman–Crippen LogP) is 3.45. The quantitative estimate of drug-likeness (QED) is 0.563. The topological polar surface area (TPSA) is 17.1 Å². The van der Waals surface area contributed by atoms with Gasteiger partial charge in [0.15, 0.2) is 5.78 Å². The second-order valence-corrected chi connectivity index (χ2v) is 3.15. The minimum Gasteiger partial charge on any atom is -0.295 e. The fourth-order valence-electron chi connectivity index (χ4n) is 1.10. The van der Waals surface area contributed by atoms with Gasteiger partial charge in [0.1, 0.15) is 5.82 Å². The van der Waals surface area contributed by atoms with Crippen molar-refractivity contribution in [1.29, 1.82) is 0 Å². The van der Waals surface area contributed by atoms with Gasteiger partial charge in [0, 0.05) is 5.56 Å². The number of rotatable bonds is 2. The third kappa shape index (κ3) is 2.92. The van der Waals surface area contributed by atoms with Crippen molar-refractivity contribution in [3.05, 3.63) is 41.2 Å². The van der Waals surface area contributed by atoms with Gasteiger partial charge in [-0.2, -0.15) is 13.2 Å². The van der Waals surface area contributed by atoms with Crippen LogP contribution in [0.4, 0.5) is 17.6 Å². The van der Waals surface area contributed by atoms with E-state index in [0.717, 1.165) is 18.2 Å². The number of allylic oxidation sites excluding steroid dienone is 1. The van der Waals surface area contributed by atoms with Crippen molar-refractivity contribution >= 4 is 11.9 Å². The summed E-state index contributed by atoms with van der Waals surface area (Å²) in [5.74, 6) is -1.73. The molecule has 0 amide bonds. The van der Waals surface area contributed by atoms with Gasteiger partial charge in [0.05, 0.1) is 5.56 Å². The molecule has 1 nitrogen and oxygen atoms in total. The molecule has 0 atom stereocenters. The van der Waals surface area contributed by atoms with Crippen molar-refractivity contribution in [1.82, 2.24) is 0 Å². The first-order valence-corrected chi connectivity index (χ1v) is 4.36. The van der Waals surface area contributed by atoms with Crippen molar-refractivity contribution in [2.45, 2.75) is 13.1 Å². The van der Waals surface area contributed by atoms with Gasteiger partial charge in [-0.15, -0.1) is 0 Å². The van der Waals surface area contributed by atoms with Gasteiger partial charge in [-0.05, 0) is 25.1 Å². The Bertz CT molecular complexity index is 432. The molecule has 0 radical (unpaired) electrons. The first-order valence-electron chi connectivity index (χ1n) is 4.36. The summed E-state index contributed by atoms with van der Waals surface area (Å²) >= 11 is 0. The van der Waals surface area contributed by atoms with E-state index in [1.165, 1.54) is 13.0 Å². The van der Waals surface area contributed by atoms with Crippen molar-refractivity contribution in [3.8, 4) is 0 Å². The summed E-state index contributed by atoms with van der Waals surface area (Å²) in [5, 5.41) is 0. The minimum atomic E-state index is -4.73. The molecule has 0 unspecified atom stereocenters. The zero-order chi connectivity index (χ0) is 12.3. The lowest BCUT2D eigenvalue weighted by Gasteiger charge is -2.08. The molecular formula is C11H8F4O. The van der Waals surface area contributed by atoms with E-state index in [1.54, 1.807) is 0 Å². The SMILES string of the molecule is CC(=O)/C=C/c1cccc(C(F)(F)F)c1F. The van der Waals surface area contributed by atoms with E-state index >= 15 is 0 Å². The molecule has 86 valence electrons. The highest BCUT2D eigenvalue weighted by Gasteiger charge is 2.34. The second kappa shape index (κ2) is 4.47. The van der Waals surface area contributed by atoms with Gasteiger partial charge in [-0.3, -0.25) is 4.79 Å². The van der Waals surface area contributed by atoms with Crippen LogP contribution in [0.2, 0.25) is 0 Å². The van der Waals surface area contributed by atoms with E-state index < -0.39 is 17.6 Å². The van der Waals surface area contributed by atoms with E-state index in [1.807, 2.05) is 0 Å². The van der Waals surface area contributed by atoms with Gasteiger partial charge < -0.3 is 0 Å². The zero-order valence-corrected chi connectivity index (χ0v) is 8.31. The highest BCUT2D eigenvalue weighted by atomic mass is 19.4. The summed E-state index contributed by atoms with van der Waals surface area (Å²) in [6.07, 6.45) is -2.70. The first kappa shape index (κ1) is 12.4. The molecule has 0 aliphatic carbocycles. The molecule has 0 saturated carbocycles. The molecule has 0 N–H and O–H groups in total. The van der Waals surface area contributed by atoms with Crippen molar-refractivity contribution in [2.75, 3.05) is 0 Å². The average Bonchev–Trinajstić information content (AvgIpc) is 2.14.